The van der Waals surface area contributed by atoms with Gasteiger partial charge in [-0.1, -0.05) is 12.1 Å². The molecule has 0 aliphatic rings. The standard InChI is InChI=1S/C19H26F3N5O/c1-15-24-10-12-27(15)11-4-3-9-25-18(23-2)26-13-16-5-7-17(8-6-16)28-14-19(20,21)22/h5-8,10,12H,3-4,9,11,13-14H2,1-2H3,(H2,23,25,26). The predicted octanol–water partition coefficient (Wildman–Crippen LogP) is 3.28. The first-order valence-corrected chi connectivity index (χ1v) is 9.08. The number of nitrogens with one attached hydrogen (secondary N) is 2. The number of halogens is 3. The Morgan fingerprint density at radius 1 is 1.18 bits per heavy atom. The molecule has 0 amide bonds. The van der Waals surface area contributed by atoms with Gasteiger partial charge in [-0.3, -0.25) is 4.99 Å². The average Bonchev–Trinajstić information content (AvgIpc) is 3.07. The first-order chi connectivity index (χ1) is 13.4. The third kappa shape index (κ3) is 7.89. The Morgan fingerprint density at radius 3 is 2.54 bits per heavy atom. The molecule has 2 N–H and O–H groups in total. The van der Waals surface area contributed by atoms with Crippen LogP contribution in [-0.4, -0.2) is 41.9 Å². The molecule has 1 aromatic carbocycles. The number of rotatable bonds is 9. The van der Waals surface area contributed by atoms with Gasteiger partial charge in [0.05, 0.1) is 0 Å². The van der Waals surface area contributed by atoms with Crippen molar-refractivity contribution in [1.82, 2.24) is 20.2 Å². The number of unbranched alkanes of at least 4 members (excludes halogenated alkanes) is 1. The number of hydrogen-bond donors (Lipinski definition) is 2. The number of aryl methyl sites for hydroxylation is 2. The van der Waals surface area contributed by atoms with E-state index >= 15 is 0 Å². The van der Waals surface area contributed by atoms with Crippen molar-refractivity contribution in [3.63, 3.8) is 0 Å². The molecule has 6 nitrogen and oxygen atoms in total. The Kier molecular flexibility index (Phi) is 8.16. The molecule has 0 spiro atoms. The molecule has 2 rings (SSSR count). The highest BCUT2D eigenvalue weighted by molar-refractivity contribution is 5.79. The monoisotopic (exact) mass is 397 g/mol. The molecule has 0 unspecified atom stereocenters. The van der Waals surface area contributed by atoms with Crippen LogP contribution in [0.1, 0.15) is 24.2 Å². The SMILES string of the molecule is CN=C(NCCCCn1ccnc1C)NCc1ccc(OCC(F)(F)F)cc1. The molecule has 0 fully saturated rings. The molecule has 0 aliphatic heterocycles. The maximum absolute atomic E-state index is 12.1. The van der Waals surface area contributed by atoms with E-state index < -0.39 is 12.8 Å². The zero-order chi connectivity index (χ0) is 20.4. The van der Waals surface area contributed by atoms with Gasteiger partial charge in [0.1, 0.15) is 11.6 Å². The quantitative estimate of drug-likeness (QED) is 0.387. The Balaban J connectivity index is 1.65. The summed E-state index contributed by atoms with van der Waals surface area (Å²) in [7, 11) is 1.69. The van der Waals surface area contributed by atoms with Crippen LogP contribution in [0.25, 0.3) is 0 Å². The number of imidazole rings is 1. The number of guanidine groups is 1. The van der Waals surface area contributed by atoms with E-state index in [0.29, 0.717) is 12.5 Å². The molecule has 0 radical (unpaired) electrons. The van der Waals surface area contributed by atoms with Crippen LogP contribution in [-0.2, 0) is 13.1 Å². The normalized spacial score (nSPS) is 12.1. The van der Waals surface area contributed by atoms with Crippen molar-refractivity contribution in [2.45, 2.75) is 39.0 Å². The zero-order valence-corrected chi connectivity index (χ0v) is 16.1. The van der Waals surface area contributed by atoms with Crippen LogP contribution >= 0.6 is 0 Å². The Bertz CT molecular complexity index is 741. The molecule has 0 atom stereocenters. The third-order valence-electron chi connectivity index (χ3n) is 4.05. The number of aliphatic imine (C=N–C) groups is 1. The van der Waals surface area contributed by atoms with Crippen molar-refractivity contribution in [3.8, 4) is 5.75 Å². The van der Waals surface area contributed by atoms with E-state index in [0.717, 1.165) is 37.3 Å². The van der Waals surface area contributed by atoms with Gasteiger partial charge < -0.3 is 19.9 Å². The summed E-state index contributed by atoms with van der Waals surface area (Å²) >= 11 is 0. The highest BCUT2D eigenvalue weighted by atomic mass is 19.4. The highest BCUT2D eigenvalue weighted by Gasteiger charge is 2.28. The number of nitrogens with zero attached hydrogens (tertiary/aromatic N) is 3. The lowest BCUT2D eigenvalue weighted by molar-refractivity contribution is -0.153. The number of hydrogen-bond acceptors (Lipinski definition) is 3. The van der Waals surface area contributed by atoms with Gasteiger partial charge in [-0.25, -0.2) is 4.98 Å². The molecule has 9 heteroatoms. The maximum Gasteiger partial charge on any atom is 0.422 e. The second-order valence-electron chi connectivity index (χ2n) is 6.28. The van der Waals surface area contributed by atoms with E-state index in [1.54, 1.807) is 25.4 Å². The fourth-order valence-corrected chi connectivity index (χ4v) is 2.53. The van der Waals surface area contributed by atoms with Crippen molar-refractivity contribution in [2.24, 2.45) is 4.99 Å². The van der Waals surface area contributed by atoms with Crippen LogP contribution in [0.3, 0.4) is 0 Å². The van der Waals surface area contributed by atoms with E-state index in [-0.39, 0.29) is 5.75 Å². The largest absolute Gasteiger partial charge is 0.484 e. The van der Waals surface area contributed by atoms with Crippen molar-refractivity contribution in [3.05, 3.63) is 48.0 Å². The summed E-state index contributed by atoms with van der Waals surface area (Å²) in [5.74, 6) is 1.88. The number of benzene rings is 1. The third-order valence-corrected chi connectivity index (χ3v) is 4.05. The van der Waals surface area contributed by atoms with Gasteiger partial charge in [-0.2, -0.15) is 13.2 Å². The number of alkyl halides is 3. The summed E-state index contributed by atoms with van der Waals surface area (Å²) < 4.78 is 43.3. The zero-order valence-electron chi connectivity index (χ0n) is 16.1. The second kappa shape index (κ2) is 10.6. The van der Waals surface area contributed by atoms with Crippen LogP contribution in [0.5, 0.6) is 5.75 Å². The van der Waals surface area contributed by atoms with Crippen molar-refractivity contribution in [2.75, 3.05) is 20.2 Å². The van der Waals surface area contributed by atoms with Gasteiger partial charge in [0, 0.05) is 39.1 Å². The number of ether oxygens (including phenoxy) is 1. The summed E-state index contributed by atoms with van der Waals surface area (Å²) in [6, 6.07) is 6.49. The van der Waals surface area contributed by atoms with E-state index in [1.165, 1.54) is 12.1 Å². The lowest BCUT2D eigenvalue weighted by Crippen LogP contribution is -2.37. The van der Waals surface area contributed by atoms with Gasteiger partial charge in [0.25, 0.3) is 0 Å². The lowest BCUT2D eigenvalue weighted by atomic mass is 10.2. The van der Waals surface area contributed by atoms with Gasteiger partial charge >= 0.3 is 6.18 Å². The lowest BCUT2D eigenvalue weighted by Gasteiger charge is -2.13. The van der Waals surface area contributed by atoms with Gasteiger partial charge in [-0.05, 0) is 37.5 Å². The van der Waals surface area contributed by atoms with Crippen molar-refractivity contribution < 1.29 is 17.9 Å². The summed E-state index contributed by atoms with van der Waals surface area (Å²) in [6.07, 6.45) is 1.46. The van der Waals surface area contributed by atoms with Gasteiger partial charge in [0.15, 0.2) is 12.6 Å². The predicted molar refractivity (Wildman–Crippen MR) is 102 cm³/mol. The topological polar surface area (TPSA) is 63.5 Å². The molecule has 0 saturated heterocycles. The van der Waals surface area contributed by atoms with Crippen LogP contribution in [0.2, 0.25) is 0 Å². The fraction of sp³-hybridized carbons (Fsp3) is 0.474. The Hall–Kier alpha value is -2.71. The van der Waals surface area contributed by atoms with E-state index in [2.05, 4.69) is 25.2 Å². The summed E-state index contributed by atoms with van der Waals surface area (Å²) in [6.45, 7) is 2.92. The highest BCUT2D eigenvalue weighted by Crippen LogP contribution is 2.18. The molecule has 0 bridgehead atoms. The summed E-state index contributed by atoms with van der Waals surface area (Å²) in [5, 5.41) is 6.42. The first-order valence-electron chi connectivity index (χ1n) is 9.08. The minimum Gasteiger partial charge on any atom is -0.484 e. The van der Waals surface area contributed by atoms with Gasteiger partial charge in [-0.15, -0.1) is 0 Å². The molecule has 2 aromatic rings. The van der Waals surface area contributed by atoms with Crippen molar-refractivity contribution >= 4 is 5.96 Å². The average molecular weight is 397 g/mol. The second-order valence-corrected chi connectivity index (χ2v) is 6.28. The molecule has 154 valence electrons. The fourth-order valence-electron chi connectivity index (χ4n) is 2.53. The van der Waals surface area contributed by atoms with Gasteiger partial charge in [0.2, 0.25) is 0 Å². The summed E-state index contributed by atoms with van der Waals surface area (Å²) in [5.41, 5.74) is 0.915. The Labute approximate surface area is 162 Å². The first kappa shape index (κ1) is 21.6. The molecule has 0 saturated carbocycles. The molecule has 28 heavy (non-hydrogen) atoms. The molecule has 0 aliphatic carbocycles. The smallest absolute Gasteiger partial charge is 0.422 e. The van der Waals surface area contributed by atoms with E-state index in [9.17, 15) is 13.2 Å². The Morgan fingerprint density at radius 2 is 1.93 bits per heavy atom. The van der Waals surface area contributed by atoms with E-state index in [4.69, 9.17) is 4.74 Å². The minimum atomic E-state index is -4.34. The van der Waals surface area contributed by atoms with Crippen LogP contribution in [0.15, 0.2) is 41.7 Å². The molecule has 1 aromatic heterocycles. The molecule has 1 heterocycles. The molecular formula is C19H26F3N5O. The van der Waals surface area contributed by atoms with Crippen LogP contribution < -0.4 is 15.4 Å². The number of aromatic nitrogens is 2. The minimum absolute atomic E-state index is 0.191. The maximum atomic E-state index is 12.1. The van der Waals surface area contributed by atoms with E-state index in [1.807, 2.05) is 13.1 Å². The summed E-state index contributed by atoms with van der Waals surface area (Å²) in [4.78, 5) is 8.37. The molecular weight excluding hydrogens is 371 g/mol. The van der Waals surface area contributed by atoms with Crippen molar-refractivity contribution in [1.29, 1.82) is 0 Å². The van der Waals surface area contributed by atoms with Crippen LogP contribution in [0.4, 0.5) is 13.2 Å². The van der Waals surface area contributed by atoms with Crippen LogP contribution in [0, 0.1) is 6.92 Å².